The minimum absolute atomic E-state index is 0.117. The van der Waals surface area contributed by atoms with Gasteiger partial charge in [-0.1, -0.05) is 18.2 Å². The Morgan fingerprint density at radius 3 is 2.92 bits per heavy atom. The van der Waals surface area contributed by atoms with Crippen LogP contribution in [-0.2, 0) is 4.79 Å². The average molecular weight is 353 g/mol. The zero-order chi connectivity index (χ0) is 18.1. The van der Waals surface area contributed by atoms with Gasteiger partial charge in [-0.15, -0.1) is 0 Å². The largest absolute Gasteiger partial charge is 0.487 e. The molecule has 4 rings (SSSR count). The summed E-state index contributed by atoms with van der Waals surface area (Å²) < 4.78 is 6.27. The molecular weight excluding hydrogens is 326 g/mol. The number of hydrogen-bond acceptors (Lipinski definition) is 4. The third-order valence-corrected chi connectivity index (χ3v) is 5.58. The van der Waals surface area contributed by atoms with E-state index in [1.807, 2.05) is 30.0 Å². The van der Waals surface area contributed by atoms with Crippen LogP contribution in [0.1, 0.15) is 31.9 Å². The standard InChI is InChI=1S/C21H27N3O2/c1-15-8-9-17-6-3-7-19(21(17)22-15)26-18-10-12-23(13-18)14-20(25)24-11-4-5-16(24)2/h3,6-9,16,18H,4-5,10-14H2,1-2H3/t16-,18+/m1/s1. The molecule has 0 saturated carbocycles. The fourth-order valence-electron chi connectivity index (χ4n) is 4.11. The van der Waals surface area contributed by atoms with Crippen LogP contribution >= 0.6 is 0 Å². The van der Waals surface area contributed by atoms with Gasteiger partial charge in [0.2, 0.25) is 5.91 Å². The number of carbonyl (C=O) groups is 1. The molecule has 1 aromatic carbocycles. The van der Waals surface area contributed by atoms with E-state index in [1.54, 1.807) is 0 Å². The number of nitrogens with zero attached hydrogens (tertiary/aromatic N) is 3. The van der Waals surface area contributed by atoms with Gasteiger partial charge in [0.05, 0.1) is 6.54 Å². The molecule has 0 N–H and O–H groups in total. The monoisotopic (exact) mass is 353 g/mol. The second-order valence-corrected chi connectivity index (χ2v) is 7.62. The van der Waals surface area contributed by atoms with Crippen molar-refractivity contribution in [3.8, 4) is 5.75 Å². The summed E-state index contributed by atoms with van der Waals surface area (Å²) in [6, 6.07) is 10.6. The Hall–Kier alpha value is -2.14. The van der Waals surface area contributed by atoms with Crippen LogP contribution in [0.3, 0.4) is 0 Å². The van der Waals surface area contributed by atoms with Crippen molar-refractivity contribution in [2.45, 2.75) is 45.3 Å². The summed E-state index contributed by atoms with van der Waals surface area (Å²) in [7, 11) is 0. The first kappa shape index (κ1) is 17.3. The number of fused-ring (bicyclic) bond motifs is 1. The minimum Gasteiger partial charge on any atom is -0.487 e. The molecule has 3 heterocycles. The summed E-state index contributed by atoms with van der Waals surface area (Å²) in [5.41, 5.74) is 1.92. The Labute approximate surface area is 154 Å². The molecule has 1 aromatic heterocycles. The molecule has 2 aliphatic heterocycles. The van der Waals surface area contributed by atoms with E-state index in [9.17, 15) is 4.79 Å². The molecule has 0 spiro atoms. The average Bonchev–Trinajstić information content (AvgIpc) is 3.24. The summed E-state index contributed by atoms with van der Waals surface area (Å²) in [6.45, 7) is 7.28. The highest BCUT2D eigenvalue weighted by Crippen LogP contribution is 2.27. The number of para-hydroxylation sites is 1. The smallest absolute Gasteiger partial charge is 0.236 e. The van der Waals surface area contributed by atoms with Gasteiger partial charge in [0.1, 0.15) is 17.4 Å². The van der Waals surface area contributed by atoms with Crippen LogP contribution in [0.2, 0.25) is 0 Å². The second kappa shape index (κ2) is 7.23. The molecule has 2 aromatic rings. The summed E-state index contributed by atoms with van der Waals surface area (Å²) in [5, 5.41) is 1.10. The number of rotatable bonds is 4. The minimum atomic E-state index is 0.117. The van der Waals surface area contributed by atoms with Gasteiger partial charge in [0, 0.05) is 36.8 Å². The van der Waals surface area contributed by atoms with E-state index in [0.29, 0.717) is 12.6 Å². The normalized spacial score (nSPS) is 23.7. The first-order chi connectivity index (χ1) is 12.6. The maximum Gasteiger partial charge on any atom is 0.236 e. The van der Waals surface area contributed by atoms with E-state index >= 15 is 0 Å². The lowest BCUT2D eigenvalue weighted by molar-refractivity contribution is -0.132. The number of aryl methyl sites for hydroxylation is 1. The van der Waals surface area contributed by atoms with E-state index in [-0.39, 0.29) is 12.0 Å². The van der Waals surface area contributed by atoms with E-state index < -0.39 is 0 Å². The SMILES string of the molecule is Cc1ccc2cccc(O[C@H]3CCN(CC(=O)N4CCC[C@H]4C)C3)c2n1. The van der Waals surface area contributed by atoms with Gasteiger partial charge in [-0.2, -0.15) is 0 Å². The van der Waals surface area contributed by atoms with Crippen LogP contribution in [0.25, 0.3) is 10.9 Å². The molecule has 5 heteroatoms. The fraction of sp³-hybridized carbons (Fsp3) is 0.524. The Morgan fingerprint density at radius 1 is 1.23 bits per heavy atom. The highest BCUT2D eigenvalue weighted by molar-refractivity contribution is 5.84. The molecule has 2 aliphatic rings. The number of carbonyl (C=O) groups excluding carboxylic acids is 1. The predicted molar refractivity (Wildman–Crippen MR) is 102 cm³/mol. The van der Waals surface area contributed by atoms with Gasteiger partial charge < -0.3 is 9.64 Å². The Balaban J connectivity index is 1.39. The molecule has 0 aliphatic carbocycles. The topological polar surface area (TPSA) is 45.7 Å². The van der Waals surface area contributed by atoms with Crippen molar-refractivity contribution in [3.63, 3.8) is 0 Å². The molecule has 0 bridgehead atoms. The molecule has 2 saturated heterocycles. The van der Waals surface area contributed by atoms with Gasteiger partial charge in [-0.3, -0.25) is 9.69 Å². The number of ether oxygens (including phenoxy) is 1. The van der Waals surface area contributed by atoms with Crippen LogP contribution < -0.4 is 4.74 Å². The van der Waals surface area contributed by atoms with E-state index in [0.717, 1.165) is 61.2 Å². The van der Waals surface area contributed by atoms with Gasteiger partial charge in [0.25, 0.3) is 0 Å². The maximum absolute atomic E-state index is 12.5. The van der Waals surface area contributed by atoms with Crippen LogP contribution in [0.4, 0.5) is 0 Å². The highest BCUT2D eigenvalue weighted by atomic mass is 16.5. The maximum atomic E-state index is 12.5. The molecule has 0 unspecified atom stereocenters. The van der Waals surface area contributed by atoms with Crippen molar-refractivity contribution in [3.05, 3.63) is 36.0 Å². The van der Waals surface area contributed by atoms with Gasteiger partial charge in [-0.05, 0) is 45.2 Å². The predicted octanol–water partition coefficient (Wildman–Crippen LogP) is 3.01. The lowest BCUT2D eigenvalue weighted by atomic mass is 10.2. The van der Waals surface area contributed by atoms with Crippen molar-refractivity contribution in [1.82, 2.24) is 14.8 Å². The molecule has 5 nitrogen and oxygen atoms in total. The van der Waals surface area contributed by atoms with Crippen molar-refractivity contribution >= 4 is 16.8 Å². The summed E-state index contributed by atoms with van der Waals surface area (Å²) in [4.78, 5) is 21.4. The van der Waals surface area contributed by atoms with Crippen molar-refractivity contribution < 1.29 is 9.53 Å². The van der Waals surface area contributed by atoms with Crippen LogP contribution in [-0.4, -0.2) is 59.0 Å². The molecule has 138 valence electrons. The fourth-order valence-corrected chi connectivity index (χ4v) is 4.11. The molecule has 1 amide bonds. The third kappa shape index (κ3) is 3.54. The van der Waals surface area contributed by atoms with E-state index in [2.05, 4.69) is 28.9 Å². The van der Waals surface area contributed by atoms with Crippen LogP contribution in [0.5, 0.6) is 5.75 Å². The second-order valence-electron chi connectivity index (χ2n) is 7.62. The summed E-state index contributed by atoms with van der Waals surface area (Å²) in [5.74, 6) is 1.11. The van der Waals surface area contributed by atoms with Crippen molar-refractivity contribution in [1.29, 1.82) is 0 Å². The number of hydrogen-bond donors (Lipinski definition) is 0. The van der Waals surface area contributed by atoms with Crippen molar-refractivity contribution in [2.24, 2.45) is 0 Å². The summed E-state index contributed by atoms with van der Waals surface area (Å²) >= 11 is 0. The Morgan fingerprint density at radius 2 is 2.12 bits per heavy atom. The number of benzene rings is 1. The molecule has 26 heavy (non-hydrogen) atoms. The zero-order valence-corrected chi connectivity index (χ0v) is 15.6. The van der Waals surface area contributed by atoms with E-state index in [4.69, 9.17) is 4.74 Å². The lowest BCUT2D eigenvalue weighted by Crippen LogP contribution is -2.41. The van der Waals surface area contributed by atoms with Crippen LogP contribution in [0, 0.1) is 6.92 Å². The first-order valence-corrected chi connectivity index (χ1v) is 9.65. The highest BCUT2D eigenvalue weighted by Gasteiger charge is 2.30. The van der Waals surface area contributed by atoms with Gasteiger partial charge >= 0.3 is 0 Å². The molecule has 2 fully saturated rings. The molecule has 2 atom stereocenters. The Kier molecular flexibility index (Phi) is 4.81. The number of pyridine rings is 1. The summed E-state index contributed by atoms with van der Waals surface area (Å²) in [6.07, 6.45) is 3.33. The van der Waals surface area contributed by atoms with E-state index in [1.165, 1.54) is 0 Å². The molecular formula is C21H27N3O2. The lowest BCUT2D eigenvalue weighted by Gasteiger charge is -2.24. The quantitative estimate of drug-likeness (QED) is 0.848. The number of aromatic nitrogens is 1. The third-order valence-electron chi connectivity index (χ3n) is 5.58. The van der Waals surface area contributed by atoms with Gasteiger partial charge in [-0.25, -0.2) is 4.98 Å². The Bertz CT molecular complexity index is 807. The zero-order valence-electron chi connectivity index (χ0n) is 15.6. The van der Waals surface area contributed by atoms with Crippen LogP contribution in [0.15, 0.2) is 30.3 Å². The van der Waals surface area contributed by atoms with Crippen molar-refractivity contribution in [2.75, 3.05) is 26.2 Å². The number of likely N-dealkylation sites (tertiary alicyclic amines) is 2. The first-order valence-electron chi connectivity index (χ1n) is 9.65. The molecule has 0 radical (unpaired) electrons. The van der Waals surface area contributed by atoms with Gasteiger partial charge in [0.15, 0.2) is 0 Å². The number of amides is 1.